The molecule has 0 aliphatic heterocycles. The van der Waals surface area contributed by atoms with E-state index in [0.29, 0.717) is 27.8 Å². The van der Waals surface area contributed by atoms with Crippen LogP contribution >= 0.6 is 0 Å². The van der Waals surface area contributed by atoms with Crippen molar-refractivity contribution in [3.05, 3.63) is 84.7 Å². The standard InChI is InChI=1S/C22H15F2N3O2/c23-22(24)29-16-9-7-15(8-10-16)26-21(28)18-12-20(14-4-3-11-25-13-14)27-19-6-2-1-5-17(18)19/h1-13,22H,(H,26,28). The summed E-state index contributed by atoms with van der Waals surface area (Å²) in [6, 6.07) is 18.5. The first-order valence-corrected chi connectivity index (χ1v) is 8.76. The quantitative estimate of drug-likeness (QED) is 0.511. The number of hydrogen-bond acceptors (Lipinski definition) is 4. The van der Waals surface area contributed by atoms with Crippen LogP contribution in [0, 0.1) is 0 Å². The molecule has 1 amide bonds. The molecule has 4 aromatic rings. The van der Waals surface area contributed by atoms with E-state index in [1.165, 1.54) is 24.3 Å². The fourth-order valence-electron chi connectivity index (χ4n) is 2.94. The number of alkyl halides is 2. The highest BCUT2D eigenvalue weighted by atomic mass is 19.3. The third kappa shape index (κ3) is 4.19. The van der Waals surface area contributed by atoms with E-state index in [1.54, 1.807) is 24.5 Å². The summed E-state index contributed by atoms with van der Waals surface area (Å²) >= 11 is 0. The van der Waals surface area contributed by atoms with Gasteiger partial charge in [-0.05, 0) is 48.5 Å². The van der Waals surface area contributed by atoms with E-state index in [4.69, 9.17) is 0 Å². The first-order valence-electron chi connectivity index (χ1n) is 8.76. The maximum Gasteiger partial charge on any atom is 0.387 e. The van der Waals surface area contributed by atoms with Crippen molar-refractivity contribution in [3.8, 4) is 17.0 Å². The van der Waals surface area contributed by atoms with Gasteiger partial charge in [-0.2, -0.15) is 8.78 Å². The zero-order valence-electron chi connectivity index (χ0n) is 15.0. The number of anilines is 1. The van der Waals surface area contributed by atoms with E-state index in [2.05, 4.69) is 20.0 Å². The second-order valence-corrected chi connectivity index (χ2v) is 6.17. The summed E-state index contributed by atoms with van der Waals surface area (Å²) < 4.78 is 28.9. The number of aromatic nitrogens is 2. The number of fused-ring (bicyclic) bond motifs is 1. The number of nitrogens with zero attached hydrogens (tertiary/aromatic N) is 2. The Hall–Kier alpha value is -3.87. The number of rotatable bonds is 5. The SMILES string of the molecule is O=C(Nc1ccc(OC(F)F)cc1)c1cc(-c2cccnc2)nc2ccccc12. The molecule has 2 heterocycles. The van der Waals surface area contributed by atoms with Gasteiger partial charge in [0, 0.05) is 29.0 Å². The average Bonchev–Trinajstić information content (AvgIpc) is 2.74. The Balaban J connectivity index is 1.68. The minimum absolute atomic E-state index is 0.0197. The number of para-hydroxylation sites is 1. The maximum atomic E-state index is 13.0. The zero-order valence-corrected chi connectivity index (χ0v) is 15.0. The molecule has 0 aliphatic carbocycles. The predicted octanol–water partition coefficient (Wildman–Crippen LogP) is 5.15. The van der Waals surface area contributed by atoms with Crippen LogP contribution in [0.15, 0.2) is 79.1 Å². The molecule has 5 nitrogen and oxygen atoms in total. The normalized spacial score (nSPS) is 10.9. The van der Waals surface area contributed by atoms with Gasteiger partial charge >= 0.3 is 6.61 Å². The lowest BCUT2D eigenvalue weighted by Gasteiger charge is -2.11. The van der Waals surface area contributed by atoms with Gasteiger partial charge in [0.05, 0.1) is 16.8 Å². The predicted molar refractivity (Wildman–Crippen MR) is 106 cm³/mol. The van der Waals surface area contributed by atoms with Crippen molar-refractivity contribution >= 4 is 22.5 Å². The monoisotopic (exact) mass is 391 g/mol. The summed E-state index contributed by atoms with van der Waals surface area (Å²) in [5.74, 6) is -0.317. The smallest absolute Gasteiger partial charge is 0.387 e. The number of amides is 1. The van der Waals surface area contributed by atoms with Crippen molar-refractivity contribution in [1.29, 1.82) is 0 Å². The summed E-state index contributed by atoms with van der Waals surface area (Å²) in [5.41, 5.74) is 3.01. The van der Waals surface area contributed by atoms with Crippen LogP contribution in [0.2, 0.25) is 0 Å². The van der Waals surface area contributed by atoms with Gasteiger partial charge < -0.3 is 10.1 Å². The van der Waals surface area contributed by atoms with Crippen LogP contribution in [-0.4, -0.2) is 22.5 Å². The van der Waals surface area contributed by atoms with Gasteiger partial charge in [0.15, 0.2) is 0 Å². The Morgan fingerprint density at radius 2 is 1.79 bits per heavy atom. The molecule has 2 aromatic carbocycles. The number of carbonyl (C=O) groups is 1. The van der Waals surface area contributed by atoms with Gasteiger partial charge in [-0.15, -0.1) is 0 Å². The van der Waals surface area contributed by atoms with Crippen molar-refractivity contribution in [2.45, 2.75) is 6.61 Å². The van der Waals surface area contributed by atoms with Crippen LogP contribution in [0.4, 0.5) is 14.5 Å². The van der Waals surface area contributed by atoms with E-state index >= 15 is 0 Å². The molecule has 0 aliphatic rings. The summed E-state index contributed by atoms with van der Waals surface area (Å²) in [4.78, 5) is 21.7. The van der Waals surface area contributed by atoms with Crippen molar-refractivity contribution in [3.63, 3.8) is 0 Å². The van der Waals surface area contributed by atoms with Gasteiger partial charge in [-0.1, -0.05) is 18.2 Å². The summed E-state index contributed by atoms with van der Waals surface area (Å²) in [5, 5.41) is 3.49. The lowest BCUT2D eigenvalue weighted by Crippen LogP contribution is -2.13. The highest BCUT2D eigenvalue weighted by Crippen LogP contribution is 2.25. The molecule has 4 rings (SSSR count). The molecule has 0 fully saturated rings. The first-order chi connectivity index (χ1) is 14.1. The van der Waals surface area contributed by atoms with Crippen LogP contribution in [0.1, 0.15) is 10.4 Å². The Kier molecular flexibility index (Phi) is 5.11. The molecular formula is C22H15F2N3O2. The fourth-order valence-corrected chi connectivity index (χ4v) is 2.94. The van der Waals surface area contributed by atoms with Crippen LogP contribution in [0.5, 0.6) is 5.75 Å². The molecule has 7 heteroatoms. The maximum absolute atomic E-state index is 13.0. The molecule has 0 unspecified atom stereocenters. The molecule has 0 saturated heterocycles. The minimum Gasteiger partial charge on any atom is -0.435 e. The number of pyridine rings is 2. The Labute approximate surface area is 165 Å². The molecule has 0 saturated carbocycles. The third-order valence-corrected chi connectivity index (χ3v) is 4.26. The number of carbonyl (C=O) groups excluding carboxylic acids is 1. The number of ether oxygens (including phenoxy) is 1. The van der Waals surface area contributed by atoms with Crippen LogP contribution in [0.25, 0.3) is 22.2 Å². The molecule has 1 N–H and O–H groups in total. The fraction of sp³-hybridized carbons (Fsp3) is 0.0455. The first kappa shape index (κ1) is 18.5. The van der Waals surface area contributed by atoms with E-state index in [-0.39, 0.29) is 11.7 Å². The van der Waals surface area contributed by atoms with E-state index in [9.17, 15) is 13.6 Å². The van der Waals surface area contributed by atoms with Gasteiger partial charge in [0.2, 0.25) is 0 Å². The molecule has 2 aromatic heterocycles. The number of halogens is 2. The van der Waals surface area contributed by atoms with Crippen molar-refractivity contribution in [2.24, 2.45) is 0 Å². The van der Waals surface area contributed by atoms with E-state index in [1.807, 2.05) is 30.3 Å². The summed E-state index contributed by atoms with van der Waals surface area (Å²) in [6.45, 7) is -2.90. The highest BCUT2D eigenvalue weighted by Gasteiger charge is 2.14. The Bertz CT molecular complexity index is 1150. The van der Waals surface area contributed by atoms with Gasteiger partial charge in [-0.3, -0.25) is 9.78 Å². The summed E-state index contributed by atoms with van der Waals surface area (Å²) in [6.07, 6.45) is 3.35. The van der Waals surface area contributed by atoms with Crippen molar-refractivity contribution in [1.82, 2.24) is 9.97 Å². The molecule has 0 atom stereocenters. The van der Waals surface area contributed by atoms with Crippen LogP contribution in [0.3, 0.4) is 0 Å². The average molecular weight is 391 g/mol. The summed E-state index contributed by atoms with van der Waals surface area (Å²) in [7, 11) is 0. The van der Waals surface area contributed by atoms with Crippen molar-refractivity contribution < 1.29 is 18.3 Å². The number of hydrogen-bond donors (Lipinski definition) is 1. The largest absolute Gasteiger partial charge is 0.435 e. The molecular weight excluding hydrogens is 376 g/mol. The lowest BCUT2D eigenvalue weighted by atomic mass is 10.0. The third-order valence-electron chi connectivity index (χ3n) is 4.26. The van der Waals surface area contributed by atoms with Crippen molar-refractivity contribution in [2.75, 3.05) is 5.32 Å². The second-order valence-electron chi connectivity index (χ2n) is 6.17. The second kappa shape index (κ2) is 8.02. The molecule has 29 heavy (non-hydrogen) atoms. The van der Waals surface area contributed by atoms with Gasteiger partial charge in [0.25, 0.3) is 5.91 Å². The Morgan fingerprint density at radius 1 is 1.00 bits per heavy atom. The van der Waals surface area contributed by atoms with Gasteiger partial charge in [0.1, 0.15) is 5.75 Å². The number of benzene rings is 2. The van der Waals surface area contributed by atoms with Crippen LogP contribution < -0.4 is 10.1 Å². The van der Waals surface area contributed by atoms with Gasteiger partial charge in [-0.25, -0.2) is 4.98 Å². The number of nitrogens with one attached hydrogen (secondary N) is 1. The zero-order chi connectivity index (χ0) is 20.2. The molecule has 0 spiro atoms. The highest BCUT2D eigenvalue weighted by molar-refractivity contribution is 6.13. The van der Waals surface area contributed by atoms with E-state index < -0.39 is 6.61 Å². The topological polar surface area (TPSA) is 64.1 Å². The molecule has 0 radical (unpaired) electrons. The van der Waals surface area contributed by atoms with E-state index in [0.717, 1.165) is 5.56 Å². The molecule has 144 valence electrons. The van der Waals surface area contributed by atoms with Crippen LogP contribution in [-0.2, 0) is 0 Å². The lowest BCUT2D eigenvalue weighted by molar-refractivity contribution is -0.0498. The molecule has 0 bridgehead atoms. The minimum atomic E-state index is -2.90. The Morgan fingerprint density at radius 3 is 2.52 bits per heavy atom.